The Labute approximate surface area is 216 Å². The van der Waals surface area contributed by atoms with Crippen LogP contribution in [-0.4, -0.2) is 110 Å². The molecule has 5 rings (SSSR count). The molecule has 0 radical (unpaired) electrons. The third-order valence-corrected chi connectivity index (χ3v) is 8.83. The van der Waals surface area contributed by atoms with Gasteiger partial charge in [0.15, 0.2) is 0 Å². The largest absolute Gasteiger partial charge is 0.390 e. The summed E-state index contributed by atoms with van der Waals surface area (Å²) < 4.78 is 6.25. The van der Waals surface area contributed by atoms with Crippen molar-refractivity contribution >= 4 is 11.6 Å². The number of nitrogens with zero attached hydrogens (tertiary/aromatic N) is 3. The number of aliphatic hydroxyl groups is 1. The van der Waals surface area contributed by atoms with Crippen molar-refractivity contribution < 1.29 is 14.6 Å². The molecular formula is C27H46N6O3. The molecular weight excluding hydrogens is 456 g/mol. The SMILES string of the molecule is CN1NCCC1COC1C=C2CCN(C[C@@H](O)CNC(=O)C3=NCCC(NC4CCC4)C3)CC2CC1. The summed E-state index contributed by atoms with van der Waals surface area (Å²) in [6, 6.07) is 1.45. The highest BCUT2D eigenvalue weighted by molar-refractivity contribution is 6.39. The Morgan fingerprint density at radius 3 is 2.92 bits per heavy atom. The lowest BCUT2D eigenvalue weighted by Crippen LogP contribution is -2.48. The van der Waals surface area contributed by atoms with Crippen molar-refractivity contribution in [1.29, 1.82) is 0 Å². The molecule has 2 aliphatic carbocycles. The molecule has 1 amide bonds. The van der Waals surface area contributed by atoms with Gasteiger partial charge in [0.25, 0.3) is 5.91 Å². The molecule has 5 aliphatic rings. The zero-order valence-corrected chi connectivity index (χ0v) is 22.0. The fraction of sp³-hybridized carbons (Fsp3) is 0.852. The van der Waals surface area contributed by atoms with E-state index < -0.39 is 6.10 Å². The molecule has 0 aromatic heterocycles. The fourth-order valence-corrected chi connectivity index (χ4v) is 6.30. The van der Waals surface area contributed by atoms with Gasteiger partial charge in [0.2, 0.25) is 0 Å². The number of fused-ring (bicyclic) bond motifs is 1. The van der Waals surface area contributed by atoms with Crippen LogP contribution in [0.25, 0.3) is 0 Å². The number of likely N-dealkylation sites (tertiary alicyclic amines) is 1. The first-order valence-corrected chi connectivity index (χ1v) is 14.3. The average Bonchev–Trinajstić information content (AvgIpc) is 3.28. The molecule has 202 valence electrons. The van der Waals surface area contributed by atoms with Gasteiger partial charge in [-0.2, -0.15) is 0 Å². The molecule has 4 N–H and O–H groups in total. The summed E-state index contributed by atoms with van der Waals surface area (Å²) in [5, 5.41) is 19.4. The number of ether oxygens (including phenoxy) is 1. The van der Waals surface area contributed by atoms with Crippen LogP contribution in [0.1, 0.15) is 57.8 Å². The minimum absolute atomic E-state index is 0.115. The van der Waals surface area contributed by atoms with Crippen LogP contribution in [0, 0.1) is 5.92 Å². The van der Waals surface area contributed by atoms with Crippen LogP contribution in [0.2, 0.25) is 0 Å². The van der Waals surface area contributed by atoms with Crippen molar-refractivity contribution in [3.8, 4) is 0 Å². The molecule has 0 bridgehead atoms. The Morgan fingerprint density at radius 2 is 2.14 bits per heavy atom. The number of hydrogen-bond donors (Lipinski definition) is 4. The van der Waals surface area contributed by atoms with Gasteiger partial charge in [-0.3, -0.25) is 20.1 Å². The van der Waals surface area contributed by atoms with Gasteiger partial charge in [0.1, 0.15) is 5.71 Å². The van der Waals surface area contributed by atoms with Crippen molar-refractivity contribution in [3.05, 3.63) is 11.6 Å². The maximum atomic E-state index is 12.7. The van der Waals surface area contributed by atoms with Crippen molar-refractivity contribution in [2.45, 2.75) is 88.1 Å². The highest BCUT2D eigenvalue weighted by atomic mass is 16.5. The van der Waals surface area contributed by atoms with Crippen LogP contribution in [0.15, 0.2) is 16.6 Å². The quantitative estimate of drug-likeness (QED) is 0.329. The topological polar surface area (TPSA) is 101 Å². The minimum Gasteiger partial charge on any atom is -0.390 e. The second-order valence-corrected chi connectivity index (χ2v) is 11.5. The zero-order valence-electron chi connectivity index (χ0n) is 22.0. The van der Waals surface area contributed by atoms with Gasteiger partial charge in [-0.05, 0) is 50.9 Å². The van der Waals surface area contributed by atoms with Gasteiger partial charge in [-0.25, -0.2) is 5.01 Å². The molecule has 0 aromatic rings. The number of aliphatic hydroxyl groups excluding tert-OH is 1. The van der Waals surface area contributed by atoms with E-state index in [1.807, 2.05) is 0 Å². The Balaban J connectivity index is 1.00. The van der Waals surface area contributed by atoms with E-state index >= 15 is 0 Å². The van der Waals surface area contributed by atoms with Crippen LogP contribution >= 0.6 is 0 Å². The molecule has 0 aromatic carbocycles. The van der Waals surface area contributed by atoms with Gasteiger partial charge in [-0.1, -0.05) is 18.1 Å². The van der Waals surface area contributed by atoms with Gasteiger partial charge in [0.05, 0.1) is 18.8 Å². The van der Waals surface area contributed by atoms with Crippen LogP contribution in [0.4, 0.5) is 0 Å². The third-order valence-electron chi connectivity index (χ3n) is 8.83. The molecule has 2 saturated heterocycles. The number of hydrazine groups is 1. The highest BCUT2D eigenvalue weighted by Crippen LogP contribution is 2.33. The number of carbonyl (C=O) groups excluding carboxylic acids is 1. The highest BCUT2D eigenvalue weighted by Gasteiger charge is 2.31. The minimum atomic E-state index is -0.566. The lowest BCUT2D eigenvalue weighted by molar-refractivity contribution is -0.115. The fourth-order valence-electron chi connectivity index (χ4n) is 6.30. The number of carbonyl (C=O) groups is 1. The molecule has 3 heterocycles. The van der Waals surface area contributed by atoms with E-state index in [9.17, 15) is 9.90 Å². The summed E-state index contributed by atoms with van der Waals surface area (Å²) in [4.78, 5) is 19.5. The van der Waals surface area contributed by atoms with E-state index in [4.69, 9.17) is 4.74 Å². The maximum Gasteiger partial charge on any atom is 0.265 e. The number of nitrogens with one attached hydrogen (secondary N) is 3. The van der Waals surface area contributed by atoms with Crippen molar-refractivity contribution in [2.75, 3.05) is 52.9 Å². The maximum absolute atomic E-state index is 12.7. The van der Waals surface area contributed by atoms with Gasteiger partial charge >= 0.3 is 0 Å². The summed E-state index contributed by atoms with van der Waals surface area (Å²) >= 11 is 0. The Kier molecular flexibility index (Phi) is 9.08. The van der Waals surface area contributed by atoms with E-state index in [1.165, 1.54) is 24.8 Å². The number of hydrogen-bond acceptors (Lipinski definition) is 8. The first-order chi connectivity index (χ1) is 17.5. The molecule has 3 aliphatic heterocycles. The Morgan fingerprint density at radius 1 is 1.25 bits per heavy atom. The molecule has 9 nitrogen and oxygen atoms in total. The monoisotopic (exact) mass is 502 g/mol. The van der Waals surface area contributed by atoms with E-state index in [2.05, 4.69) is 44.1 Å². The molecule has 0 spiro atoms. The number of rotatable bonds is 10. The van der Waals surface area contributed by atoms with Crippen LogP contribution < -0.4 is 16.1 Å². The number of amides is 1. The second-order valence-electron chi connectivity index (χ2n) is 11.5. The zero-order chi connectivity index (χ0) is 24.9. The molecule has 5 atom stereocenters. The normalized spacial score (nSPS) is 32.8. The summed E-state index contributed by atoms with van der Waals surface area (Å²) in [5.74, 6) is 0.448. The average molecular weight is 503 g/mol. The van der Waals surface area contributed by atoms with Crippen molar-refractivity contribution in [3.63, 3.8) is 0 Å². The lowest BCUT2D eigenvalue weighted by Gasteiger charge is -2.39. The number of aliphatic imine (C=N–C) groups is 1. The Bertz CT molecular complexity index is 815. The van der Waals surface area contributed by atoms with Crippen LogP contribution in [-0.2, 0) is 9.53 Å². The third kappa shape index (κ3) is 6.94. The predicted molar refractivity (Wildman–Crippen MR) is 141 cm³/mol. The number of likely N-dealkylation sites (N-methyl/N-ethyl adjacent to an activating group) is 1. The van der Waals surface area contributed by atoms with Crippen molar-refractivity contribution in [2.24, 2.45) is 10.9 Å². The summed E-state index contributed by atoms with van der Waals surface area (Å²) in [6.07, 6.45) is 12.0. The van der Waals surface area contributed by atoms with Gasteiger partial charge < -0.3 is 20.5 Å². The lowest BCUT2D eigenvalue weighted by atomic mass is 9.82. The van der Waals surface area contributed by atoms with Crippen LogP contribution in [0.5, 0.6) is 0 Å². The summed E-state index contributed by atoms with van der Waals surface area (Å²) in [7, 11) is 2.10. The first kappa shape index (κ1) is 26.3. The van der Waals surface area contributed by atoms with Crippen LogP contribution in [0.3, 0.4) is 0 Å². The summed E-state index contributed by atoms with van der Waals surface area (Å²) in [5.41, 5.74) is 5.51. The standard InChI is InChI=1S/C27H46N6O3/c1-32-23(8-11-30-32)18-36-25-6-5-20-16-33(12-9-19(20)13-25)17-24(34)15-29-27(35)26-14-22(7-10-28-26)31-21-3-2-4-21/h13,20-25,30-31,34H,2-12,14-18H2,1H3,(H,29,35)/t20?,22?,23?,24-,25?/m0/s1. The first-order valence-electron chi connectivity index (χ1n) is 14.3. The van der Waals surface area contributed by atoms with E-state index in [-0.39, 0.29) is 18.6 Å². The van der Waals surface area contributed by atoms with E-state index in [1.54, 1.807) is 0 Å². The molecule has 9 heteroatoms. The predicted octanol–water partition coefficient (Wildman–Crippen LogP) is 0.845. The molecule has 3 fully saturated rings. The van der Waals surface area contributed by atoms with E-state index in [0.717, 1.165) is 58.3 Å². The Hall–Kier alpha value is -1.36. The molecule has 4 unspecified atom stereocenters. The van der Waals surface area contributed by atoms with Crippen molar-refractivity contribution in [1.82, 2.24) is 26.0 Å². The molecule has 1 saturated carbocycles. The second kappa shape index (κ2) is 12.5. The summed E-state index contributed by atoms with van der Waals surface area (Å²) in [6.45, 7) is 5.36. The number of β-amino-alcohol motifs (C(OH)–C–C–N with tert-alkyl or cyclic N) is 1. The number of piperidine rings is 1. The van der Waals surface area contributed by atoms with Gasteiger partial charge in [0, 0.05) is 70.9 Å². The van der Waals surface area contributed by atoms with E-state index in [0.29, 0.717) is 49.3 Å². The smallest absolute Gasteiger partial charge is 0.265 e. The molecule has 36 heavy (non-hydrogen) atoms. The van der Waals surface area contributed by atoms with Gasteiger partial charge in [-0.15, -0.1) is 0 Å².